The summed E-state index contributed by atoms with van der Waals surface area (Å²) in [5.41, 5.74) is 2.11. The molecule has 1 unspecified atom stereocenters. The van der Waals surface area contributed by atoms with E-state index in [-0.39, 0.29) is 6.04 Å². The van der Waals surface area contributed by atoms with E-state index in [0.29, 0.717) is 4.90 Å². The second-order valence-corrected chi connectivity index (χ2v) is 6.01. The lowest BCUT2D eigenvalue weighted by Gasteiger charge is -2.25. The van der Waals surface area contributed by atoms with Crippen molar-refractivity contribution in [3.8, 4) is 0 Å². The Balaban J connectivity index is 2.65. The minimum atomic E-state index is -3.10. The highest BCUT2D eigenvalue weighted by Gasteiger charge is 2.21. The van der Waals surface area contributed by atoms with Crippen LogP contribution >= 0.6 is 0 Å². The van der Waals surface area contributed by atoms with Crippen molar-refractivity contribution in [1.82, 2.24) is 5.32 Å². The van der Waals surface area contributed by atoms with Crippen LogP contribution in [0.3, 0.4) is 0 Å². The molecular weight excluding hydrogens is 210 g/mol. The molecule has 0 saturated carbocycles. The summed E-state index contributed by atoms with van der Waals surface area (Å²) >= 11 is 0. The molecule has 0 spiro atoms. The first kappa shape index (κ1) is 10.6. The SMILES string of the molecule is CC1NCCc2c1cccc2S(C)(=O)=O. The van der Waals surface area contributed by atoms with Crippen LogP contribution < -0.4 is 5.32 Å². The first-order valence-electron chi connectivity index (χ1n) is 5.05. The fraction of sp³-hybridized carbons (Fsp3) is 0.455. The van der Waals surface area contributed by atoms with E-state index < -0.39 is 9.84 Å². The van der Waals surface area contributed by atoms with Gasteiger partial charge < -0.3 is 5.32 Å². The number of rotatable bonds is 1. The molecule has 0 aromatic heterocycles. The Labute approximate surface area is 90.4 Å². The van der Waals surface area contributed by atoms with Gasteiger partial charge >= 0.3 is 0 Å². The highest BCUT2D eigenvalue weighted by atomic mass is 32.2. The molecule has 1 aliphatic rings. The fourth-order valence-electron chi connectivity index (χ4n) is 2.13. The van der Waals surface area contributed by atoms with Crippen molar-refractivity contribution >= 4 is 9.84 Å². The van der Waals surface area contributed by atoms with Gasteiger partial charge in [-0.3, -0.25) is 0 Å². The zero-order chi connectivity index (χ0) is 11.1. The molecule has 15 heavy (non-hydrogen) atoms. The van der Waals surface area contributed by atoms with E-state index in [1.54, 1.807) is 6.07 Å². The van der Waals surface area contributed by atoms with E-state index in [2.05, 4.69) is 12.2 Å². The summed E-state index contributed by atoms with van der Waals surface area (Å²) in [6.45, 7) is 2.91. The van der Waals surface area contributed by atoms with E-state index in [0.717, 1.165) is 24.1 Å². The molecule has 0 saturated heterocycles. The largest absolute Gasteiger partial charge is 0.310 e. The van der Waals surface area contributed by atoms with Crippen LogP contribution in [0.4, 0.5) is 0 Å². The van der Waals surface area contributed by atoms with Gasteiger partial charge in [-0.2, -0.15) is 0 Å². The van der Waals surface area contributed by atoms with Crippen LogP contribution in [0.25, 0.3) is 0 Å². The smallest absolute Gasteiger partial charge is 0.175 e. The molecule has 0 fully saturated rings. The molecule has 1 aromatic rings. The molecular formula is C11H15NO2S. The number of fused-ring (bicyclic) bond motifs is 1. The number of hydrogen-bond donors (Lipinski definition) is 1. The van der Waals surface area contributed by atoms with Gasteiger partial charge in [-0.1, -0.05) is 12.1 Å². The van der Waals surface area contributed by atoms with Crippen LogP contribution in [0.2, 0.25) is 0 Å². The molecule has 4 heteroatoms. The Morgan fingerprint density at radius 2 is 2.13 bits per heavy atom. The average Bonchev–Trinajstić information content (AvgIpc) is 2.16. The van der Waals surface area contributed by atoms with Gasteiger partial charge in [0.2, 0.25) is 0 Å². The highest BCUT2D eigenvalue weighted by Crippen LogP contribution is 2.27. The van der Waals surface area contributed by atoms with Gasteiger partial charge in [-0.05, 0) is 37.1 Å². The predicted octanol–water partition coefficient (Wildman–Crippen LogP) is 1.30. The lowest BCUT2D eigenvalue weighted by molar-refractivity contribution is 0.533. The normalized spacial score (nSPS) is 21.1. The van der Waals surface area contributed by atoms with Crippen LogP contribution in [0.15, 0.2) is 23.1 Å². The van der Waals surface area contributed by atoms with E-state index in [1.165, 1.54) is 6.26 Å². The van der Waals surface area contributed by atoms with Gasteiger partial charge in [0, 0.05) is 12.3 Å². The standard InChI is InChI=1S/C11H15NO2S/c1-8-9-4-3-5-11(15(2,13)14)10(9)6-7-12-8/h3-5,8,12H,6-7H2,1-2H3. The van der Waals surface area contributed by atoms with E-state index in [9.17, 15) is 8.42 Å². The molecule has 1 heterocycles. The highest BCUT2D eigenvalue weighted by molar-refractivity contribution is 7.90. The molecule has 0 bridgehead atoms. The Morgan fingerprint density at radius 3 is 2.80 bits per heavy atom. The van der Waals surface area contributed by atoms with Crippen molar-refractivity contribution in [1.29, 1.82) is 0 Å². The van der Waals surface area contributed by atoms with E-state index in [4.69, 9.17) is 0 Å². The Bertz CT molecular complexity index is 479. The maximum Gasteiger partial charge on any atom is 0.175 e. The first-order valence-corrected chi connectivity index (χ1v) is 6.94. The third-order valence-corrected chi connectivity index (χ3v) is 4.04. The van der Waals surface area contributed by atoms with Crippen LogP contribution in [-0.2, 0) is 16.3 Å². The van der Waals surface area contributed by atoms with Crippen molar-refractivity contribution in [2.45, 2.75) is 24.3 Å². The monoisotopic (exact) mass is 225 g/mol. The van der Waals surface area contributed by atoms with Gasteiger partial charge in [0.15, 0.2) is 9.84 Å². The number of hydrogen-bond acceptors (Lipinski definition) is 3. The quantitative estimate of drug-likeness (QED) is 0.783. The maximum atomic E-state index is 11.6. The molecule has 1 atom stereocenters. The maximum absolute atomic E-state index is 11.6. The van der Waals surface area contributed by atoms with Crippen LogP contribution in [0.1, 0.15) is 24.1 Å². The molecule has 1 N–H and O–H groups in total. The zero-order valence-corrected chi connectivity index (χ0v) is 9.76. The third kappa shape index (κ3) is 1.92. The van der Waals surface area contributed by atoms with Gasteiger partial charge in [0.1, 0.15) is 0 Å². The zero-order valence-electron chi connectivity index (χ0n) is 8.95. The Hall–Kier alpha value is -0.870. The van der Waals surface area contributed by atoms with Crippen molar-refractivity contribution in [2.75, 3.05) is 12.8 Å². The summed E-state index contributed by atoms with van der Waals surface area (Å²) in [5.74, 6) is 0. The van der Waals surface area contributed by atoms with Gasteiger partial charge in [0.05, 0.1) is 4.90 Å². The topological polar surface area (TPSA) is 46.2 Å². The van der Waals surface area contributed by atoms with Crippen molar-refractivity contribution in [3.63, 3.8) is 0 Å². The molecule has 3 nitrogen and oxygen atoms in total. The molecule has 2 rings (SSSR count). The van der Waals surface area contributed by atoms with Crippen molar-refractivity contribution < 1.29 is 8.42 Å². The summed E-state index contributed by atoms with van der Waals surface area (Å²) < 4.78 is 23.2. The lowest BCUT2D eigenvalue weighted by Crippen LogP contribution is -2.28. The second kappa shape index (κ2) is 3.61. The van der Waals surface area contributed by atoms with Gasteiger partial charge in [-0.25, -0.2) is 8.42 Å². The summed E-state index contributed by atoms with van der Waals surface area (Å²) in [4.78, 5) is 0.494. The number of benzene rings is 1. The van der Waals surface area contributed by atoms with Gasteiger partial charge in [0.25, 0.3) is 0 Å². The minimum absolute atomic E-state index is 0.246. The summed E-state index contributed by atoms with van der Waals surface area (Å²) in [5, 5.41) is 3.32. The van der Waals surface area contributed by atoms with Crippen LogP contribution in [-0.4, -0.2) is 21.2 Å². The molecule has 1 aliphatic heterocycles. The molecule has 0 amide bonds. The summed E-state index contributed by atoms with van der Waals surface area (Å²) in [7, 11) is -3.10. The average molecular weight is 225 g/mol. The number of sulfone groups is 1. The fourth-order valence-corrected chi connectivity index (χ4v) is 3.12. The lowest BCUT2D eigenvalue weighted by atomic mass is 9.95. The van der Waals surface area contributed by atoms with Gasteiger partial charge in [-0.15, -0.1) is 0 Å². The Morgan fingerprint density at radius 1 is 1.40 bits per heavy atom. The summed E-state index contributed by atoms with van der Waals surface area (Å²) in [6.07, 6.45) is 2.07. The first-order chi connectivity index (χ1) is 7.00. The second-order valence-electron chi connectivity index (χ2n) is 4.02. The van der Waals surface area contributed by atoms with Crippen molar-refractivity contribution in [3.05, 3.63) is 29.3 Å². The van der Waals surface area contributed by atoms with Crippen molar-refractivity contribution in [2.24, 2.45) is 0 Å². The number of nitrogens with one attached hydrogen (secondary N) is 1. The minimum Gasteiger partial charge on any atom is -0.310 e. The molecule has 0 radical (unpaired) electrons. The van der Waals surface area contributed by atoms with E-state index >= 15 is 0 Å². The molecule has 82 valence electrons. The summed E-state index contributed by atoms with van der Waals surface area (Å²) in [6, 6.07) is 5.77. The third-order valence-electron chi connectivity index (χ3n) is 2.86. The molecule has 0 aliphatic carbocycles. The Kier molecular flexibility index (Phi) is 2.56. The van der Waals surface area contributed by atoms with Crippen LogP contribution in [0.5, 0.6) is 0 Å². The molecule has 1 aromatic carbocycles. The van der Waals surface area contributed by atoms with Crippen LogP contribution in [0, 0.1) is 0 Å². The van der Waals surface area contributed by atoms with E-state index in [1.807, 2.05) is 12.1 Å². The predicted molar refractivity (Wildman–Crippen MR) is 59.7 cm³/mol.